The van der Waals surface area contributed by atoms with Crippen LogP contribution in [0.2, 0.25) is 0 Å². The number of Topliss-reactive ketones (excluding diaryl/α,β-unsaturated/α-hetero) is 1. The lowest BCUT2D eigenvalue weighted by Crippen LogP contribution is -1.95. The first-order valence-corrected chi connectivity index (χ1v) is 6.02. The molecule has 0 saturated heterocycles. The third kappa shape index (κ3) is 2.38. The summed E-state index contributed by atoms with van der Waals surface area (Å²) in [5.74, 6) is 0.675. The van der Waals surface area contributed by atoms with Crippen molar-refractivity contribution in [1.29, 1.82) is 0 Å². The maximum Gasteiger partial charge on any atom is 0.228 e. The van der Waals surface area contributed by atoms with E-state index < -0.39 is 0 Å². The van der Waals surface area contributed by atoms with Gasteiger partial charge in [0.1, 0.15) is 11.3 Å². The molecule has 0 aliphatic carbocycles. The fourth-order valence-electron chi connectivity index (χ4n) is 1.98. The lowest BCUT2D eigenvalue weighted by atomic mass is 10.1. The van der Waals surface area contributed by atoms with Crippen LogP contribution in [-0.4, -0.2) is 15.8 Å². The van der Waals surface area contributed by atoms with E-state index in [1.165, 1.54) is 0 Å². The summed E-state index contributed by atoms with van der Waals surface area (Å²) in [6.07, 6.45) is 3.83. The minimum absolute atomic E-state index is 0.131. The molecule has 0 radical (unpaired) electrons. The molecular formula is C15H12N2O2. The van der Waals surface area contributed by atoms with E-state index in [0.717, 1.165) is 16.6 Å². The van der Waals surface area contributed by atoms with Gasteiger partial charge in [-0.2, -0.15) is 0 Å². The first kappa shape index (κ1) is 11.6. The van der Waals surface area contributed by atoms with Gasteiger partial charge >= 0.3 is 0 Å². The van der Waals surface area contributed by atoms with Crippen molar-refractivity contribution in [2.45, 2.75) is 13.3 Å². The summed E-state index contributed by atoms with van der Waals surface area (Å²) in [6, 6.07) is 9.37. The molecule has 0 unspecified atom stereocenters. The van der Waals surface area contributed by atoms with Crippen LogP contribution >= 0.6 is 0 Å². The highest BCUT2D eigenvalue weighted by Crippen LogP contribution is 2.24. The zero-order valence-corrected chi connectivity index (χ0v) is 10.5. The molecule has 0 spiro atoms. The minimum Gasteiger partial charge on any atom is -0.436 e. The predicted molar refractivity (Wildman–Crippen MR) is 71.6 cm³/mol. The van der Waals surface area contributed by atoms with Crippen molar-refractivity contribution in [2.24, 2.45) is 0 Å². The number of carbonyl (C=O) groups excluding carboxylic acids is 1. The molecular weight excluding hydrogens is 240 g/mol. The Labute approximate surface area is 110 Å². The van der Waals surface area contributed by atoms with Crippen LogP contribution in [0.5, 0.6) is 0 Å². The van der Waals surface area contributed by atoms with Gasteiger partial charge < -0.3 is 4.42 Å². The summed E-state index contributed by atoms with van der Waals surface area (Å²) in [7, 11) is 0. The van der Waals surface area contributed by atoms with Crippen molar-refractivity contribution in [1.82, 2.24) is 9.97 Å². The molecule has 0 N–H and O–H groups in total. The highest BCUT2D eigenvalue weighted by molar-refractivity contribution is 5.81. The minimum atomic E-state index is 0.131. The van der Waals surface area contributed by atoms with Gasteiger partial charge in [0.2, 0.25) is 5.89 Å². The number of hydrogen-bond acceptors (Lipinski definition) is 4. The standard InChI is InChI=1S/C15H12N2O2/c1-10(18)7-11-4-5-13-14(8-11)19-15(17-13)12-3-2-6-16-9-12/h2-6,8-9H,7H2,1H3. The fourth-order valence-corrected chi connectivity index (χ4v) is 1.98. The van der Waals surface area contributed by atoms with Crippen LogP contribution < -0.4 is 0 Å². The Balaban J connectivity index is 2.04. The summed E-state index contributed by atoms with van der Waals surface area (Å²) in [6.45, 7) is 1.58. The Morgan fingerprint density at radius 1 is 1.32 bits per heavy atom. The van der Waals surface area contributed by atoms with E-state index in [9.17, 15) is 4.79 Å². The Kier molecular flexibility index (Phi) is 2.83. The average molecular weight is 252 g/mol. The predicted octanol–water partition coefficient (Wildman–Crippen LogP) is 3.02. The number of carbonyl (C=O) groups is 1. The van der Waals surface area contributed by atoms with Crippen molar-refractivity contribution in [3.8, 4) is 11.5 Å². The average Bonchev–Trinajstić information content (AvgIpc) is 2.82. The van der Waals surface area contributed by atoms with E-state index in [4.69, 9.17) is 4.42 Å². The molecule has 2 heterocycles. The number of hydrogen-bond donors (Lipinski definition) is 0. The lowest BCUT2D eigenvalue weighted by molar-refractivity contribution is -0.116. The molecule has 0 aliphatic heterocycles. The van der Waals surface area contributed by atoms with Gasteiger partial charge in [-0.05, 0) is 36.8 Å². The summed E-state index contributed by atoms with van der Waals surface area (Å²) in [5, 5.41) is 0. The monoisotopic (exact) mass is 252 g/mol. The van der Waals surface area contributed by atoms with Crippen LogP contribution in [0.15, 0.2) is 47.1 Å². The second-order valence-corrected chi connectivity index (χ2v) is 4.44. The molecule has 2 aromatic heterocycles. The molecule has 4 heteroatoms. The fraction of sp³-hybridized carbons (Fsp3) is 0.133. The summed E-state index contributed by atoms with van der Waals surface area (Å²) < 4.78 is 5.71. The van der Waals surface area contributed by atoms with Crippen LogP contribution in [0.25, 0.3) is 22.6 Å². The van der Waals surface area contributed by atoms with E-state index in [0.29, 0.717) is 17.9 Å². The topological polar surface area (TPSA) is 56.0 Å². The lowest BCUT2D eigenvalue weighted by Gasteiger charge is -1.95. The Hall–Kier alpha value is -2.49. The second kappa shape index (κ2) is 4.65. The van der Waals surface area contributed by atoms with Crippen LogP contribution in [-0.2, 0) is 11.2 Å². The Morgan fingerprint density at radius 3 is 2.95 bits per heavy atom. The molecule has 94 valence electrons. The maximum absolute atomic E-state index is 11.1. The van der Waals surface area contributed by atoms with E-state index in [1.54, 1.807) is 19.3 Å². The number of ketones is 1. The van der Waals surface area contributed by atoms with Crippen molar-refractivity contribution in [2.75, 3.05) is 0 Å². The van der Waals surface area contributed by atoms with Crippen molar-refractivity contribution in [3.63, 3.8) is 0 Å². The number of pyridine rings is 1. The van der Waals surface area contributed by atoms with E-state index >= 15 is 0 Å². The first-order valence-electron chi connectivity index (χ1n) is 6.02. The van der Waals surface area contributed by atoms with Crippen LogP contribution in [0.4, 0.5) is 0 Å². The molecule has 1 aromatic carbocycles. The zero-order valence-electron chi connectivity index (χ0n) is 10.5. The van der Waals surface area contributed by atoms with E-state index in [2.05, 4.69) is 9.97 Å². The highest BCUT2D eigenvalue weighted by Gasteiger charge is 2.09. The SMILES string of the molecule is CC(=O)Cc1ccc2nc(-c3cccnc3)oc2c1. The number of rotatable bonds is 3. The van der Waals surface area contributed by atoms with E-state index in [1.807, 2.05) is 30.3 Å². The maximum atomic E-state index is 11.1. The quantitative estimate of drug-likeness (QED) is 0.719. The van der Waals surface area contributed by atoms with Gasteiger partial charge in [-0.25, -0.2) is 4.98 Å². The molecule has 0 amide bonds. The van der Waals surface area contributed by atoms with Gasteiger partial charge in [-0.3, -0.25) is 9.78 Å². The summed E-state index contributed by atoms with van der Waals surface area (Å²) in [5.41, 5.74) is 3.25. The molecule has 0 saturated carbocycles. The van der Waals surface area contributed by atoms with Crippen LogP contribution in [0.1, 0.15) is 12.5 Å². The number of fused-ring (bicyclic) bond motifs is 1. The Bertz CT molecular complexity index is 732. The van der Waals surface area contributed by atoms with Crippen molar-refractivity contribution < 1.29 is 9.21 Å². The molecule has 4 nitrogen and oxygen atoms in total. The Morgan fingerprint density at radius 2 is 2.21 bits per heavy atom. The molecule has 0 atom stereocenters. The third-order valence-corrected chi connectivity index (χ3v) is 2.81. The largest absolute Gasteiger partial charge is 0.436 e. The van der Waals surface area contributed by atoms with Crippen molar-refractivity contribution in [3.05, 3.63) is 48.3 Å². The smallest absolute Gasteiger partial charge is 0.228 e. The number of aromatic nitrogens is 2. The summed E-state index contributed by atoms with van der Waals surface area (Å²) in [4.78, 5) is 19.6. The van der Waals surface area contributed by atoms with Gasteiger partial charge in [-0.1, -0.05) is 6.07 Å². The normalized spacial score (nSPS) is 10.8. The number of benzene rings is 1. The number of oxazole rings is 1. The highest BCUT2D eigenvalue weighted by atomic mass is 16.3. The van der Waals surface area contributed by atoms with Crippen LogP contribution in [0, 0.1) is 0 Å². The van der Waals surface area contributed by atoms with Gasteiger partial charge in [0, 0.05) is 18.8 Å². The second-order valence-electron chi connectivity index (χ2n) is 4.44. The van der Waals surface area contributed by atoms with Gasteiger partial charge in [0.25, 0.3) is 0 Å². The molecule has 3 rings (SSSR count). The molecule has 3 aromatic rings. The molecule has 0 aliphatic rings. The van der Waals surface area contributed by atoms with Gasteiger partial charge in [-0.15, -0.1) is 0 Å². The first-order chi connectivity index (χ1) is 9.22. The van der Waals surface area contributed by atoms with Gasteiger partial charge in [0.05, 0.1) is 5.56 Å². The number of nitrogens with zero attached hydrogens (tertiary/aromatic N) is 2. The molecule has 19 heavy (non-hydrogen) atoms. The molecule has 0 bridgehead atoms. The van der Waals surface area contributed by atoms with Crippen LogP contribution in [0.3, 0.4) is 0 Å². The third-order valence-electron chi connectivity index (χ3n) is 2.81. The van der Waals surface area contributed by atoms with Gasteiger partial charge in [0.15, 0.2) is 5.58 Å². The van der Waals surface area contributed by atoms with Crippen molar-refractivity contribution >= 4 is 16.9 Å². The van der Waals surface area contributed by atoms with E-state index in [-0.39, 0.29) is 5.78 Å². The summed E-state index contributed by atoms with van der Waals surface area (Å²) >= 11 is 0. The zero-order chi connectivity index (χ0) is 13.2. The molecule has 0 fully saturated rings.